The highest BCUT2D eigenvalue weighted by atomic mass is 16.5. The Morgan fingerprint density at radius 3 is 2.59 bits per heavy atom. The molecule has 0 spiro atoms. The van der Waals surface area contributed by atoms with Crippen molar-refractivity contribution in [3.05, 3.63) is 60.2 Å². The van der Waals surface area contributed by atoms with Crippen LogP contribution in [-0.4, -0.2) is 45.7 Å². The first kappa shape index (κ1) is 18.2. The summed E-state index contributed by atoms with van der Waals surface area (Å²) in [5, 5.41) is 19.1. The number of methoxy groups -OCH3 is 1. The molecule has 27 heavy (non-hydrogen) atoms. The van der Waals surface area contributed by atoms with E-state index in [-0.39, 0.29) is 5.97 Å². The van der Waals surface area contributed by atoms with Crippen molar-refractivity contribution in [1.29, 1.82) is 5.41 Å². The zero-order chi connectivity index (χ0) is 19.2. The van der Waals surface area contributed by atoms with Gasteiger partial charge in [0.15, 0.2) is 5.82 Å². The van der Waals surface area contributed by atoms with Crippen molar-refractivity contribution < 1.29 is 9.53 Å². The van der Waals surface area contributed by atoms with Crippen molar-refractivity contribution in [3.8, 4) is 17.1 Å². The first-order valence-electron chi connectivity index (χ1n) is 8.41. The van der Waals surface area contributed by atoms with Crippen LogP contribution < -0.4 is 5.32 Å². The number of hydrogen-bond donors (Lipinski definition) is 2. The molecule has 0 unspecified atom stereocenters. The maximum atomic E-state index is 11.2. The Balaban J connectivity index is 1.71. The van der Waals surface area contributed by atoms with Crippen LogP contribution in [0.3, 0.4) is 0 Å². The number of hydrogen-bond acceptors (Lipinski definition) is 6. The molecule has 1 aromatic carbocycles. The molecule has 0 amide bonds. The summed E-state index contributed by atoms with van der Waals surface area (Å²) >= 11 is 0. The van der Waals surface area contributed by atoms with E-state index in [2.05, 4.69) is 25.2 Å². The van der Waals surface area contributed by atoms with Crippen molar-refractivity contribution in [3.63, 3.8) is 0 Å². The van der Waals surface area contributed by atoms with Crippen LogP contribution in [-0.2, 0) is 16.0 Å². The summed E-state index contributed by atoms with van der Waals surface area (Å²) in [7, 11) is 3.09. The van der Waals surface area contributed by atoms with E-state index in [9.17, 15) is 4.79 Å². The number of imidazole rings is 1. The first-order chi connectivity index (χ1) is 13.1. The summed E-state index contributed by atoms with van der Waals surface area (Å²) in [6, 6.07) is 11.3. The molecular weight excluding hydrogens is 344 g/mol. The molecule has 2 aromatic heterocycles. The summed E-state index contributed by atoms with van der Waals surface area (Å²) in [5.74, 6) is 0.750. The average molecular weight is 364 g/mol. The maximum absolute atomic E-state index is 11.2. The Morgan fingerprint density at radius 2 is 1.96 bits per heavy atom. The van der Waals surface area contributed by atoms with E-state index in [0.29, 0.717) is 24.5 Å². The first-order valence-corrected chi connectivity index (χ1v) is 8.41. The number of nitrogens with one attached hydrogen (secondary N) is 2. The number of carbonyl (C=O) groups is 1. The molecule has 0 aliphatic carbocycles. The molecule has 8 nitrogen and oxygen atoms in total. The smallest absolute Gasteiger partial charge is 0.305 e. The third-order valence-corrected chi connectivity index (χ3v) is 4.08. The van der Waals surface area contributed by atoms with Crippen LogP contribution in [0, 0.1) is 5.41 Å². The minimum Gasteiger partial charge on any atom is -0.469 e. The molecule has 2 heterocycles. The average Bonchev–Trinajstić information content (AvgIpc) is 3.20. The van der Waals surface area contributed by atoms with Gasteiger partial charge in [-0.2, -0.15) is 0 Å². The van der Waals surface area contributed by atoms with Crippen LogP contribution in [0.15, 0.2) is 48.9 Å². The topological polar surface area (TPSA) is 106 Å². The highest BCUT2D eigenvalue weighted by molar-refractivity contribution is 5.96. The number of aryl methyl sites for hydroxylation is 1. The predicted octanol–water partition coefficient (Wildman–Crippen LogP) is 1.98. The van der Waals surface area contributed by atoms with Crippen LogP contribution in [0.25, 0.3) is 17.1 Å². The maximum Gasteiger partial charge on any atom is 0.305 e. The highest BCUT2D eigenvalue weighted by Crippen LogP contribution is 2.18. The van der Waals surface area contributed by atoms with Gasteiger partial charge in [-0.15, -0.1) is 10.2 Å². The minimum atomic E-state index is -0.260. The fourth-order valence-electron chi connectivity index (χ4n) is 2.52. The summed E-state index contributed by atoms with van der Waals surface area (Å²) < 4.78 is 6.40. The fraction of sp³-hybridized carbons (Fsp3) is 0.211. The number of carbonyl (C=O) groups excluding carboxylic acids is 1. The molecule has 2 N–H and O–H groups in total. The van der Waals surface area contributed by atoms with Crippen molar-refractivity contribution in [1.82, 2.24) is 25.1 Å². The second-order valence-electron chi connectivity index (χ2n) is 5.83. The van der Waals surface area contributed by atoms with Crippen molar-refractivity contribution in [2.75, 3.05) is 14.2 Å². The van der Waals surface area contributed by atoms with Gasteiger partial charge in [0.05, 0.1) is 24.9 Å². The highest BCUT2D eigenvalue weighted by Gasteiger charge is 2.07. The lowest BCUT2D eigenvalue weighted by atomic mass is 10.1. The molecule has 0 aliphatic heterocycles. The summed E-state index contributed by atoms with van der Waals surface area (Å²) in [6.45, 7) is 0. The molecule has 0 bridgehead atoms. The summed E-state index contributed by atoms with van der Waals surface area (Å²) in [5.41, 5.74) is 3.26. The van der Waals surface area contributed by atoms with Gasteiger partial charge in [0, 0.05) is 30.8 Å². The summed E-state index contributed by atoms with van der Waals surface area (Å²) in [6.07, 6.45) is 4.28. The van der Waals surface area contributed by atoms with Crippen molar-refractivity contribution in [2.24, 2.45) is 0 Å². The lowest BCUT2D eigenvalue weighted by molar-refractivity contribution is -0.140. The van der Waals surface area contributed by atoms with E-state index in [4.69, 9.17) is 5.41 Å². The molecule has 0 saturated heterocycles. The largest absolute Gasteiger partial charge is 0.469 e. The number of amidine groups is 1. The number of esters is 1. The Hall–Kier alpha value is -3.55. The Morgan fingerprint density at radius 1 is 1.19 bits per heavy atom. The second-order valence-corrected chi connectivity index (χ2v) is 5.83. The molecule has 3 aromatic rings. The number of benzene rings is 1. The monoisotopic (exact) mass is 364 g/mol. The van der Waals surface area contributed by atoms with Gasteiger partial charge in [0.25, 0.3) is 0 Å². The van der Waals surface area contributed by atoms with Crippen molar-refractivity contribution in [2.45, 2.75) is 12.8 Å². The lowest BCUT2D eigenvalue weighted by Crippen LogP contribution is -2.17. The Bertz CT molecular complexity index is 932. The SMILES string of the molecule is CNC(=N)c1ccc(-c2ccc(-n3cnc(CCC(=O)OC)c3)nn2)cc1. The van der Waals surface area contributed by atoms with E-state index in [1.807, 2.05) is 42.6 Å². The standard InChI is InChI=1S/C19H20N6O2/c1-21-19(20)14-5-3-13(4-6-14)16-8-9-17(24-23-16)25-11-15(22-12-25)7-10-18(26)27-2/h3-6,8-9,11-12H,7,10H2,1-2H3,(H2,20,21). The molecule has 0 saturated carbocycles. The normalized spacial score (nSPS) is 10.4. The molecule has 0 radical (unpaired) electrons. The quantitative estimate of drug-likeness (QED) is 0.394. The molecule has 3 rings (SSSR count). The van der Waals surface area contributed by atoms with Gasteiger partial charge in [0.2, 0.25) is 0 Å². The Kier molecular flexibility index (Phi) is 5.55. The molecule has 138 valence electrons. The molecule has 8 heteroatoms. The van der Waals surface area contributed by atoms with Gasteiger partial charge in [-0.3, -0.25) is 14.8 Å². The van der Waals surface area contributed by atoms with E-state index in [0.717, 1.165) is 22.5 Å². The van der Waals surface area contributed by atoms with E-state index in [1.165, 1.54) is 7.11 Å². The molecule has 0 atom stereocenters. The molecular formula is C19H20N6O2. The van der Waals surface area contributed by atoms with Crippen LogP contribution in [0.2, 0.25) is 0 Å². The third-order valence-electron chi connectivity index (χ3n) is 4.08. The van der Waals surface area contributed by atoms with Crippen LogP contribution >= 0.6 is 0 Å². The second kappa shape index (κ2) is 8.22. The van der Waals surface area contributed by atoms with Crippen molar-refractivity contribution >= 4 is 11.8 Å². The van der Waals surface area contributed by atoms with E-state index < -0.39 is 0 Å². The Labute approximate surface area is 156 Å². The molecule has 0 fully saturated rings. The number of ether oxygens (including phenoxy) is 1. The van der Waals surface area contributed by atoms with Gasteiger partial charge in [-0.05, 0) is 12.1 Å². The zero-order valence-corrected chi connectivity index (χ0v) is 15.1. The molecule has 0 aliphatic rings. The van der Waals surface area contributed by atoms with Crippen LogP contribution in [0.5, 0.6) is 0 Å². The minimum absolute atomic E-state index is 0.260. The number of rotatable bonds is 6. The predicted molar refractivity (Wildman–Crippen MR) is 101 cm³/mol. The van der Waals surface area contributed by atoms with Crippen LogP contribution in [0.1, 0.15) is 17.7 Å². The van der Waals surface area contributed by atoms with E-state index >= 15 is 0 Å². The zero-order valence-electron chi connectivity index (χ0n) is 15.1. The van der Waals surface area contributed by atoms with Gasteiger partial charge in [0.1, 0.15) is 12.2 Å². The van der Waals surface area contributed by atoms with Gasteiger partial charge in [-0.25, -0.2) is 4.98 Å². The van der Waals surface area contributed by atoms with E-state index in [1.54, 1.807) is 17.9 Å². The van der Waals surface area contributed by atoms with Gasteiger partial charge >= 0.3 is 5.97 Å². The van der Waals surface area contributed by atoms with Gasteiger partial charge in [-0.1, -0.05) is 24.3 Å². The summed E-state index contributed by atoms with van der Waals surface area (Å²) in [4.78, 5) is 15.5. The third kappa shape index (κ3) is 4.35. The van der Waals surface area contributed by atoms with Gasteiger partial charge < -0.3 is 10.1 Å². The number of aromatic nitrogens is 4. The lowest BCUT2D eigenvalue weighted by Gasteiger charge is -2.05. The number of nitrogens with zero attached hydrogens (tertiary/aromatic N) is 4. The fourth-order valence-corrected chi connectivity index (χ4v) is 2.52. The van der Waals surface area contributed by atoms with Crippen LogP contribution in [0.4, 0.5) is 0 Å².